The van der Waals surface area contributed by atoms with Crippen LogP contribution in [0.25, 0.3) is 0 Å². The minimum atomic E-state index is -0.549. The maximum absolute atomic E-state index is 12.3. The Balaban J connectivity index is 2.92. The van der Waals surface area contributed by atoms with Crippen molar-refractivity contribution in [2.45, 2.75) is 71.9 Å². The summed E-state index contributed by atoms with van der Waals surface area (Å²) in [5.41, 5.74) is 1.41. The summed E-state index contributed by atoms with van der Waals surface area (Å²) in [5, 5.41) is 16.6. The summed E-state index contributed by atoms with van der Waals surface area (Å²) in [7, 11) is 0. The van der Waals surface area contributed by atoms with Gasteiger partial charge in [-0.05, 0) is 19.4 Å². The highest BCUT2D eigenvalue weighted by Gasteiger charge is 2.22. The Bertz CT molecular complexity index is 459. The van der Waals surface area contributed by atoms with Crippen molar-refractivity contribution in [3.63, 3.8) is 0 Å². The van der Waals surface area contributed by atoms with Gasteiger partial charge in [-0.25, -0.2) is 0 Å². The molecule has 0 saturated heterocycles. The van der Waals surface area contributed by atoms with Crippen LogP contribution in [0.3, 0.4) is 0 Å². The van der Waals surface area contributed by atoms with E-state index in [-0.39, 0.29) is 17.9 Å². The molecular formula is C16H29N3O2. The first kappa shape index (κ1) is 17.7. The molecule has 0 aromatic carbocycles. The minimum absolute atomic E-state index is 0.0880. The molecular weight excluding hydrogens is 266 g/mol. The zero-order chi connectivity index (χ0) is 16.0. The van der Waals surface area contributed by atoms with Gasteiger partial charge in [0.15, 0.2) is 0 Å². The number of rotatable bonds is 7. The molecule has 120 valence electrons. The number of hydrogen-bond donors (Lipinski definition) is 2. The molecule has 0 aliphatic heterocycles. The number of nitrogens with zero attached hydrogens (tertiary/aromatic N) is 2. The number of hydrogen-bond acceptors (Lipinski definition) is 3. The van der Waals surface area contributed by atoms with Crippen LogP contribution in [-0.4, -0.2) is 33.4 Å². The Hall–Kier alpha value is -1.36. The van der Waals surface area contributed by atoms with E-state index in [2.05, 4.69) is 38.1 Å². The van der Waals surface area contributed by atoms with Gasteiger partial charge in [0.25, 0.3) is 5.91 Å². The molecule has 1 atom stereocenters. The van der Waals surface area contributed by atoms with E-state index in [1.54, 1.807) is 11.6 Å². The number of aryl methyl sites for hydroxylation is 1. The molecule has 0 radical (unpaired) electrons. The van der Waals surface area contributed by atoms with Gasteiger partial charge in [0.1, 0.15) is 5.69 Å². The Morgan fingerprint density at radius 2 is 2.10 bits per heavy atom. The van der Waals surface area contributed by atoms with E-state index in [0.29, 0.717) is 5.69 Å². The monoisotopic (exact) mass is 295 g/mol. The molecule has 21 heavy (non-hydrogen) atoms. The maximum atomic E-state index is 12.3. The van der Waals surface area contributed by atoms with Gasteiger partial charge < -0.3 is 10.4 Å². The van der Waals surface area contributed by atoms with Crippen LogP contribution in [0.4, 0.5) is 0 Å². The van der Waals surface area contributed by atoms with Crippen LogP contribution in [0.1, 0.15) is 70.1 Å². The van der Waals surface area contributed by atoms with Crippen molar-refractivity contribution in [3.05, 3.63) is 17.5 Å². The van der Waals surface area contributed by atoms with Crippen molar-refractivity contribution in [2.24, 2.45) is 0 Å². The zero-order valence-electron chi connectivity index (χ0n) is 13.9. The molecule has 0 unspecified atom stereocenters. The van der Waals surface area contributed by atoms with Crippen LogP contribution in [0.15, 0.2) is 6.07 Å². The van der Waals surface area contributed by atoms with E-state index in [9.17, 15) is 9.90 Å². The third-order valence-corrected chi connectivity index (χ3v) is 3.31. The van der Waals surface area contributed by atoms with Gasteiger partial charge in [-0.3, -0.25) is 9.48 Å². The molecule has 1 rings (SSSR count). The summed E-state index contributed by atoms with van der Waals surface area (Å²) < 4.78 is 1.80. The molecule has 1 amide bonds. The van der Waals surface area contributed by atoms with Crippen molar-refractivity contribution < 1.29 is 9.90 Å². The Kier molecular flexibility index (Phi) is 6.40. The third kappa shape index (κ3) is 5.50. The summed E-state index contributed by atoms with van der Waals surface area (Å²) in [5.74, 6) is -0.171. The number of carbonyl (C=O) groups excluding carboxylic acids is 1. The third-order valence-electron chi connectivity index (χ3n) is 3.31. The molecule has 0 bridgehead atoms. The molecule has 0 fully saturated rings. The Labute approximate surface area is 127 Å². The smallest absolute Gasteiger partial charge is 0.269 e. The van der Waals surface area contributed by atoms with E-state index in [1.807, 2.05) is 6.07 Å². The van der Waals surface area contributed by atoms with Crippen molar-refractivity contribution in [2.75, 3.05) is 6.54 Å². The highest BCUT2D eigenvalue weighted by atomic mass is 16.3. The first-order valence-electron chi connectivity index (χ1n) is 7.80. The maximum Gasteiger partial charge on any atom is 0.269 e. The molecule has 0 aliphatic carbocycles. The predicted octanol–water partition coefficient (Wildman–Crippen LogP) is 2.48. The fourth-order valence-corrected chi connectivity index (χ4v) is 1.98. The van der Waals surface area contributed by atoms with Gasteiger partial charge in [-0.1, -0.05) is 40.5 Å². The lowest BCUT2D eigenvalue weighted by atomic mass is 9.92. The summed E-state index contributed by atoms with van der Waals surface area (Å²) in [6, 6.07) is 1.86. The number of amides is 1. The number of aliphatic hydroxyl groups excluding tert-OH is 1. The molecule has 1 aromatic heterocycles. The van der Waals surface area contributed by atoms with Crippen molar-refractivity contribution in [1.82, 2.24) is 15.1 Å². The molecule has 1 aromatic rings. The fraction of sp³-hybridized carbons (Fsp3) is 0.750. The zero-order valence-corrected chi connectivity index (χ0v) is 13.9. The van der Waals surface area contributed by atoms with Crippen LogP contribution in [-0.2, 0) is 12.0 Å². The van der Waals surface area contributed by atoms with Crippen molar-refractivity contribution in [1.29, 1.82) is 0 Å². The van der Waals surface area contributed by atoms with Crippen molar-refractivity contribution in [3.8, 4) is 0 Å². The average Bonchev–Trinajstić information content (AvgIpc) is 2.80. The van der Waals surface area contributed by atoms with Crippen LogP contribution < -0.4 is 5.32 Å². The standard InChI is InChI=1S/C16H29N3O2/c1-6-7-8-9-19-13(15(21)17-11-12(2)20)10-14(18-19)16(3,4)5/h10,12,20H,6-9,11H2,1-5H3,(H,17,21)/t12-/m0/s1. The summed E-state index contributed by atoms with van der Waals surface area (Å²) >= 11 is 0. The second-order valence-corrected chi connectivity index (χ2v) is 6.65. The van der Waals surface area contributed by atoms with Crippen LogP contribution >= 0.6 is 0 Å². The van der Waals surface area contributed by atoms with E-state index in [4.69, 9.17) is 0 Å². The van der Waals surface area contributed by atoms with Gasteiger partial charge in [0, 0.05) is 18.5 Å². The summed E-state index contributed by atoms with van der Waals surface area (Å²) in [6.45, 7) is 11.1. The summed E-state index contributed by atoms with van der Waals surface area (Å²) in [6.07, 6.45) is 2.72. The molecule has 5 heteroatoms. The fourth-order valence-electron chi connectivity index (χ4n) is 1.98. The van der Waals surface area contributed by atoms with Gasteiger partial charge in [0.05, 0.1) is 11.8 Å². The van der Waals surface area contributed by atoms with E-state index in [0.717, 1.165) is 31.5 Å². The van der Waals surface area contributed by atoms with E-state index < -0.39 is 6.10 Å². The lowest BCUT2D eigenvalue weighted by molar-refractivity contribution is 0.0913. The average molecular weight is 295 g/mol. The highest BCUT2D eigenvalue weighted by Crippen LogP contribution is 2.22. The predicted molar refractivity (Wildman–Crippen MR) is 84.5 cm³/mol. The molecule has 5 nitrogen and oxygen atoms in total. The Morgan fingerprint density at radius 3 is 2.62 bits per heavy atom. The number of aliphatic hydroxyl groups is 1. The molecule has 0 aliphatic rings. The topological polar surface area (TPSA) is 67.2 Å². The van der Waals surface area contributed by atoms with E-state index in [1.165, 1.54) is 0 Å². The number of aromatic nitrogens is 2. The lowest BCUT2D eigenvalue weighted by Crippen LogP contribution is -2.32. The molecule has 2 N–H and O–H groups in total. The number of unbranched alkanes of at least 4 members (excludes halogenated alkanes) is 2. The van der Waals surface area contributed by atoms with Gasteiger partial charge in [0.2, 0.25) is 0 Å². The van der Waals surface area contributed by atoms with Gasteiger partial charge in [-0.2, -0.15) is 5.10 Å². The molecule has 0 spiro atoms. The Morgan fingerprint density at radius 1 is 1.43 bits per heavy atom. The second kappa shape index (κ2) is 7.59. The molecule has 0 saturated carbocycles. The van der Waals surface area contributed by atoms with Crippen LogP contribution in [0.5, 0.6) is 0 Å². The lowest BCUT2D eigenvalue weighted by Gasteiger charge is -2.14. The minimum Gasteiger partial charge on any atom is -0.392 e. The normalized spacial score (nSPS) is 13.2. The number of carbonyl (C=O) groups is 1. The molecule has 1 heterocycles. The SMILES string of the molecule is CCCCCn1nc(C(C)(C)C)cc1C(=O)NC[C@H](C)O. The number of nitrogens with one attached hydrogen (secondary N) is 1. The quantitative estimate of drug-likeness (QED) is 0.759. The van der Waals surface area contributed by atoms with Crippen molar-refractivity contribution >= 4 is 5.91 Å². The first-order valence-corrected chi connectivity index (χ1v) is 7.80. The second-order valence-electron chi connectivity index (χ2n) is 6.65. The summed E-state index contributed by atoms with van der Waals surface area (Å²) in [4.78, 5) is 12.3. The van der Waals surface area contributed by atoms with Gasteiger partial charge in [-0.15, -0.1) is 0 Å². The van der Waals surface area contributed by atoms with Crippen LogP contribution in [0, 0.1) is 0 Å². The largest absolute Gasteiger partial charge is 0.392 e. The van der Waals surface area contributed by atoms with E-state index >= 15 is 0 Å². The first-order chi connectivity index (χ1) is 9.75. The van der Waals surface area contributed by atoms with Crippen LogP contribution in [0.2, 0.25) is 0 Å². The van der Waals surface area contributed by atoms with Gasteiger partial charge >= 0.3 is 0 Å². The highest BCUT2D eigenvalue weighted by molar-refractivity contribution is 5.92.